The van der Waals surface area contributed by atoms with Crippen molar-refractivity contribution in [2.24, 2.45) is 13.0 Å². The second-order valence-electron chi connectivity index (χ2n) is 6.95. The van der Waals surface area contributed by atoms with E-state index in [9.17, 15) is 4.79 Å². The summed E-state index contributed by atoms with van der Waals surface area (Å²) in [7, 11) is 1.89. The number of benzene rings is 1. The number of nitrogens with one attached hydrogen (secondary N) is 2. The van der Waals surface area contributed by atoms with Crippen molar-refractivity contribution < 1.29 is 9.53 Å². The summed E-state index contributed by atoms with van der Waals surface area (Å²) in [5.74, 6) is 0.939. The van der Waals surface area contributed by atoms with Crippen LogP contribution in [0, 0.1) is 12.8 Å². The van der Waals surface area contributed by atoms with E-state index in [4.69, 9.17) is 4.74 Å². The smallest absolute Gasteiger partial charge is 0.229 e. The number of nitrogens with zero attached hydrogens (tertiary/aromatic N) is 2. The molecule has 2 N–H and O–H groups in total. The molecular weight excluding hydrogens is 352 g/mol. The SMILES string of the molecule is Cc1cc(NC(=O)[C@H]2CNC[C@@H]2c2cnn(C)c2)ccc1OC(C)C.Cl. The molecule has 1 saturated heterocycles. The highest BCUT2D eigenvalue weighted by atomic mass is 35.5. The zero-order chi connectivity index (χ0) is 18.0. The van der Waals surface area contributed by atoms with Gasteiger partial charge < -0.3 is 15.4 Å². The lowest BCUT2D eigenvalue weighted by Crippen LogP contribution is -2.28. The van der Waals surface area contributed by atoms with E-state index in [2.05, 4.69) is 15.7 Å². The Morgan fingerprint density at radius 1 is 1.38 bits per heavy atom. The normalized spacial score (nSPS) is 19.3. The fraction of sp³-hybridized carbons (Fsp3) is 0.474. The Hall–Kier alpha value is -2.05. The molecule has 1 aliphatic rings. The Bertz CT molecular complexity index is 760. The molecule has 26 heavy (non-hydrogen) atoms. The van der Waals surface area contributed by atoms with Crippen LogP contribution in [0.15, 0.2) is 30.6 Å². The van der Waals surface area contributed by atoms with Crippen LogP contribution < -0.4 is 15.4 Å². The number of aromatic nitrogens is 2. The van der Waals surface area contributed by atoms with E-state index in [1.807, 2.05) is 58.4 Å². The zero-order valence-electron chi connectivity index (χ0n) is 15.7. The van der Waals surface area contributed by atoms with Crippen LogP contribution in [0.3, 0.4) is 0 Å². The van der Waals surface area contributed by atoms with E-state index in [1.54, 1.807) is 4.68 Å². The van der Waals surface area contributed by atoms with Gasteiger partial charge in [-0.05, 0) is 50.1 Å². The van der Waals surface area contributed by atoms with E-state index in [0.717, 1.165) is 29.1 Å². The summed E-state index contributed by atoms with van der Waals surface area (Å²) in [6, 6.07) is 5.76. The molecule has 0 saturated carbocycles. The molecular formula is C19H27ClN4O2. The lowest BCUT2D eigenvalue weighted by molar-refractivity contribution is -0.119. The molecule has 2 heterocycles. The Balaban J connectivity index is 0.00000243. The summed E-state index contributed by atoms with van der Waals surface area (Å²) in [5.41, 5.74) is 2.92. The van der Waals surface area contributed by atoms with Gasteiger partial charge in [-0.1, -0.05) is 0 Å². The first-order valence-corrected chi connectivity index (χ1v) is 8.71. The van der Waals surface area contributed by atoms with Crippen LogP contribution in [0.25, 0.3) is 0 Å². The fourth-order valence-electron chi connectivity index (χ4n) is 3.28. The predicted molar refractivity (Wildman–Crippen MR) is 105 cm³/mol. The van der Waals surface area contributed by atoms with Gasteiger partial charge in [-0.2, -0.15) is 5.10 Å². The number of rotatable bonds is 5. The van der Waals surface area contributed by atoms with Gasteiger partial charge in [-0.3, -0.25) is 9.48 Å². The third-order valence-electron chi connectivity index (χ3n) is 4.51. The Kier molecular flexibility index (Phi) is 6.67. The first-order valence-electron chi connectivity index (χ1n) is 8.71. The van der Waals surface area contributed by atoms with Crippen molar-refractivity contribution in [2.45, 2.75) is 32.8 Å². The van der Waals surface area contributed by atoms with Crippen molar-refractivity contribution in [3.63, 3.8) is 0 Å². The number of hydrogen-bond donors (Lipinski definition) is 2. The predicted octanol–water partition coefficient (Wildman–Crippen LogP) is 2.88. The molecule has 6 nitrogen and oxygen atoms in total. The second kappa shape index (κ2) is 8.56. The number of carbonyl (C=O) groups is 1. The first-order chi connectivity index (χ1) is 11.9. The number of ether oxygens (including phenoxy) is 1. The topological polar surface area (TPSA) is 68.2 Å². The van der Waals surface area contributed by atoms with Crippen LogP contribution in [0.5, 0.6) is 5.75 Å². The minimum Gasteiger partial charge on any atom is -0.491 e. The van der Waals surface area contributed by atoms with Crippen LogP contribution in [0.1, 0.15) is 30.9 Å². The van der Waals surface area contributed by atoms with Gasteiger partial charge in [0.05, 0.1) is 18.2 Å². The van der Waals surface area contributed by atoms with Gasteiger partial charge in [0.2, 0.25) is 5.91 Å². The Labute approximate surface area is 160 Å². The standard InChI is InChI=1S/C19H26N4O2.ClH/c1-12(2)25-18-6-5-15(7-13(18)3)22-19(24)17-10-20-9-16(17)14-8-21-23(4)11-14;/h5-8,11-12,16-17,20H,9-10H2,1-4H3,(H,22,24);1H/t16-,17+;/m1./s1. The third-order valence-corrected chi connectivity index (χ3v) is 4.51. The van der Waals surface area contributed by atoms with Crippen molar-refractivity contribution in [2.75, 3.05) is 18.4 Å². The largest absolute Gasteiger partial charge is 0.491 e. The molecule has 142 valence electrons. The third kappa shape index (κ3) is 4.56. The van der Waals surface area contributed by atoms with Gasteiger partial charge in [0.1, 0.15) is 5.75 Å². The zero-order valence-corrected chi connectivity index (χ0v) is 16.5. The van der Waals surface area contributed by atoms with Gasteiger partial charge in [-0.15, -0.1) is 12.4 Å². The molecule has 0 aliphatic carbocycles. The van der Waals surface area contributed by atoms with Crippen molar-refractivity contribution in [3.8, 4) is 5.75 Å². The van der Waals surface area contributed by atoms with E-state index in [-0.39, 0.29) is 36.3 Å². The summed E-state index contributed by atoms with van der Waals surface area (Å²) in [4.78, 5) is 12.8. The highest BCUT2D eigenvalue weighted by Crippen LogP contribution is 2.29. The van der Waals surface area contributed by atoms with Crippen molar-refractivity contribution in [3.05, 3.63) is 41.7 Å². The van der Waals surface area contributed by atoms with E-state index >= 15 is 0 Å². The van der Waals surface area contributed by atoms with Crippen molar-refractivity contribution in [1.82, 2.24) is 15.1 Å². The van der Waals surface area contributed by atoms with Gasteiger partial charge in [0, 0.05) is 37.9 Å². The van der Waals surface area contributed by atoms with Gasteiger partial charge in [0.25, 0.3) is 0 Å². The number of halogens is 1. The second-order valence-corrected chi connectivity index (χ2v) is 6.95. The lowest BCUT2D eigenvalue weighted by atomic mass is 9.90. The molecule has 1 aromatic carbocycles. The molecule has 0 bridgehead atoms. The fourth-order valence-corrected chi connectivity index (χ4v) is 3.28. The van der Waals surface area contributed by atoms with E-state index < -0.39 is 0 Å². The quantitative estimate of drug-likeness (QED) is 0.839. The van der Waals surface area contributed by atoms with Crippen molar-refractivity contribution in [1.29, 1.82) is 0 Å². The number of amides is 1. The van der Waals surface area contributed by atoms with E-state index in [1.165, 1.54) is 0 Å². The van der Waals surface area contributed by atoms with Gasteiger partial charge >= 0.3 is 0 Å². The average molecular weight is 379 g/mol. The van der Waals surface area contributed by atoms with Crippen LogP contribution in [-0.2, 0) is 11.8 Å². The van der Waals surface area contributed by atoms with Crippen LogP contribution >= 0.6 is 12.4 Å². The summed E-state index contributed by atoms with van der Waals surface area (Å²) in [6.45, 7) is 7.47. The molecule has 1 fully saturated rings. The maximum absolute atomic E-state index is 12.8. The number of aryl methyl sites for hydroxylation is 2. The highest BCUT2D eigenvalue weighted by molar-refractivity contribution is 5.93. The average Bonchev–Trinajstić information content (AvgIpc) is 3.18. The molecule has 7 heteroatoms. The number of carbonyl (C=O) groups excluding carboxylic acids is 1. The summed E-state index contributed by atoms with van der Waals surface area (Å²) < 4.78 is 7.53. The maximum atomic E-state index is 12.8. The van der Waals surface area contributed by atoms with E-state index in [0.29, 0.717) is 6.54 Å². The molecule has 0 radical (unpaired) electrons. The van der Waals surface area contributed by atoms with Crippen molar-refractivity contribution >= 4 is 24.0 Å². The molecule has 1 aromatic heterocycles. The lowest BCUT2D eigenvalue weighted by Gasteiger charge is -2.18. The van der Waals surface area contributed by atoms with Crippen LogP contribution in [-0.4, -0.2) is 34.9 Å². The van der Waals surface area contributed by atoms with Gasteiger partial charge in [0.15, 0.2) is 0 Å². The van der Waals surface area contributed by atoms with Crippen LogP contribution in [0.2, 0.25) is 0 Å². The molecule has 2 aromatic rings. The van der Waals surface area contributed by atoms with Crippen LogP contribution in [0.4, 0.5) is 5.69 Å². The first kappa shape index (κ1) is 20.3. The number of hydrogen-bond acceptors (Lipinski definition) is 4. The highest BCUT2D eigenvalue weighted by Gasteiger charge is 2.34. The monoisotopic (exact) mass is 378 g/mol. The summed E-state index contributed by atoms with van der Waals surface area (Å²) in [5, 5.41) is 10.6. The number of anilines is 1. The Morgan fingerprint density at radius 2 is 2.15 bits per heavy atom. The molecule has 1 aliphatic heterocycles. The molecule has 0 spiro atoms. The molecule has 3 rings (SSSR count). The molecule has 2 atom stereocenters. The Morgan fingerprint density at radius 3 is 2.77 bits per heavy atom. The van der Waals surface area contributed by atoms with Gasteiger partial charge in [-0.25, -0.2) is 0 Å². The molecule has 1 amide bonds. The minimum atomic E-state index is -0.101. The molecule has 0 unspecified atom stereocenters. The summed E-state index contributed by atoms with van der Waals surface area (Å²) >= 11 is 0. The minimum absolute atomic E-state index is 0. The summed E-state index contributed by atoms with van der Waals surface area (Å²) in [6.07, 6.45) is 3.96. The maximum Gasteiger partial charge on any atom is 0.229 e.